The van der Waals surface area contributed by atoms with Gasteiger partial charge in [-0.15, -0.1) is 0 Å². The Kier molecular flexibility index (Phi) is 7.49. The normalized spacial score (nSPS) is 48.5. The van der Waals surface area contributed by atoms with Crippen molar-refractivity contribution in [2.24, 2.45) is 0 Å². The van der Waals surface area contributed by atoms with Gasteiger partial charge in [-0.1, -0.05) is 6.92 Å². The zero-order chi connectivity index (χ0) is 18.7. The highest BCUT2D eigenvalue weighted by Crippen LogP contribution is 2.28. The van der Waals surface area contributed by atoms with Gasteiger partial charge >= 0.3 is 0 Å². The van der Waals surface area contributed by atoms with Crippen molar-refractivity contribution in [1.29, 1.82) is 0 Å². The van der Waals surface area contributed by atoms with Crippen LogP contribution in [0.3, 0.4) is 0 Å². The molecule has 2 aliphatic heterocycles. The molecular formula is C14H27NO10. The lowest BCUT2D eigenvalue weighted by atomic mass is 9.96. The maximum absolute atomic E-state index is 10.3. The van der Waals surface area contributed by atoms with Crippen LogP contribution in [0.4, 0.5) is 0 Å². The van der Waals surface area contributed by atoms with E-state index in [1.54, 1.807) is 6.92 Å². The van der Waals surface area contributed by atoms with Crippen molar-refractivity contribution < 1.29 is 50.0 Å². The third kappa shape index (κ3) is 4.28. The highest BCUT2D eigenvalue weighted by molar-refractivity contribution is 4.95. The number of hydrogen-bond acceptors (Lipinski definition) is 11. The largest absolute Gasteiger partial charge is 0.394 e. The van der Waals surface area contributed by atoms with Gasteiger partial charge in [-0.25, -0.2) is 0 Å². The first kappa shape index (κ1) is 20.9. The molecule has 0 saturated carbocycles. The van der Waals surface area contributed by atoms with Gasteiger partial charge in [-0.2, -0.15) is 0 Å². The Labute approximate surface area is 144 Å². The Morgan fingerprint density at radius 2 is 1.44 bits per heavy atom. The van der Waals surface area contributed by atoms with E-state index in [9.17, 15) is 35.7 Å². The van der Waals surface area contributed by atoms with E-state index in [1.807, 2.05) is 0 Å². The molecule has 0 aromatic carbocycles. The predicted octanol–water partition coefficient (Wildman–Crippen LogP) is -4.78. The van der Waals surface area contributed by atoms with Crippen molar-refractivity contribution in [2.75, 3.05) is 19.8 Å². The van der Waals surface area contributed by atoms with Crippen LogP contribution < -0.4 is 5.32 Å². The minimum absolute atomic E-state index is 0.449. The smallest absolute Gasteiger partial charge is 0.187 e. The average molecular weight is 369 g/mol. The summed E-state index contributed by atoms with van der Waals surface area (Å²) in [7, 11) is 0. The number of ether oxygens (including phenoxy) is 3. The number of rotatable bonds is 6. The molecule has 10 unspecified atom stereocenters. The summed E-state index contributed by atoms with van der Waals surface area (Å²) in [5.41, 5.74) is 0. The van der Waals surface area contributed by atoms with Crippen LogP contribution in [0.5, 0.6) is 0 Å². The molecule has 0 bridgehead atoms. The summed E-state index contributed by atoms with van der Waals surface area (Å²) in [6.45, 7) is 1.04. The van der Waals surface area contributed by atoms with Gasteiger partial charge in [0, 0.05) is 0 Å². The second kappa shape index (κ2) is 8.97. The van der Waals surface area contributed by atoms with Crippen molar-refractivity contribution in [1.82, 2.24) is 5.32 Å². The van der Waals surface area contributed by atoms with Crippen LogP contribution in [0.25, 0.3) is 0 Å². The molecule has 0 radical (unpaired) electrons. The fourth-order valence-corrected chi connectivity index (χ4v) is 2.96. The first-order valence-electron chi connectivity index (χ1n) is 8.17. The van der Waals surface area contributed by atoms with E-state index in [2.05, 4.69) is 5.32 Å². The Morgan fingerprint density at radius 3 is 2.00 bits per heavy atom. The minimum Gasteiger partial charge on any atom is -0.394 e. The Balaban J connectivity index is 2.11. The molecule has 0 aromatic rings. The van der Waals surface area contributed by atoms with Crippen LogP contribution in [-0.4, -0.2) is 117 Å². The lowest BCUT2D eigenvalue weighted by Gasteiger charge is -2.46. The molecule has 11 heteroatoms. The molecule has 148 valence electrons. The molecule has 2 fully saturated rings. The van der Waals surface area contributed by atoms with Crippen LogP contribution >= 0.6 is 0 Å². The van der Waals surface area contributed by atoms with E-state index in [0.29, 0.717) is 6.54 Å². The monoisotopic (exact) mass is 369 g/mol. The molecule has 2 aliphatic rings. The van der Waals surface area contributed by atoms with Crippen molar-refractivity contribution in [3.05, 3.63) is 0 Å². The van der Waals surface area contributed by atoms with E-state index in [-0.39, 0.29) is 0 Å². The quantitative estimate of drug-likeness (QED) is 0.225. The molecule has 2 saturated heterocycles. The molecule has 0 aromatic heterocycles. The van der Waals surface area contributed by atoms with Gasteiger partial charge in [0.2, 0.25) is 0 Å². The molecule has 25 heavy (non-hydrogen) atoms. The van der Waals surface area contributed by atoms with Gasteiger partial charge in [-0.05, 0) is 6.54 Å². The summed E-state index contributed by atoms with van der Waals surface area (Å²) in [6.07, 6.45) is -13.7. The van der Waals surface area contributed by atoms with Crippen LogP contribution in [0, 0.1) is 0 Å². The molecule has 2 heterocycles. The van der Waals surface area contributed by atoms with Gasteiger partial charge in [0.15, 0.2) is 6.29 Å². The first-order chi connectivity index (χ1) is 11.8. The number of nitrogens with one attached hydrogen (secondary N) is 1. The zero-order valence-corrected chi connectivity index (χ0v) is 13.8. The van der Waals surface area contributed by atoms with Crippen LogP contribution in [0.15, 0.2) is 0 Å². The maximum atomic E-state index is 10.3. The molecule has 11 nitrogen and oxygen atoms in total. The van der Waals surface area contributed by atoms with E-state index >= 15 is 0 Å². The molecule has 2 rings (SSSR count). The third-order valence-electron chi connectivity index (χ3n) is 4.41. The van der Waals surface area contributed by atoms with E-state index < -0.39 is 74.6 Å². The average Bonchev–Trinajstić information content (AvgIpc) is 2.61. The lowest BCUT2D eigenvalue weighted by molar-refractivity contribution is -0.343. The van der Waals surface area contributed by atoms with E-state index in [4.69, 9.17) is 14.2 Å². The first-order valence-corrected chi connectivity index (χ1v) is 8.17. The predicted molar refractivity (Wildman–Crippen MR) is 80.1 cm³/mol. The van der Waals surface area contributed by atoms with E-state index in [0.717, 1.165) is 0 Å². The SMILES string of the molecule is CCNC1OC(CO)C(OC2OC(CO)C(O)C(O)C2O)C(O)C1O. The highest BCUT2D eigenvalue weighted by Gasteiger charge is 2.50. The van der Waals surface area contributed by atoms with Gasteiger partial charge < -0.3 is 50.0 Å². The molecule has 8 N–H and O–H groups in total. The van der Waals surface area contributed by atoms with Crippen molar-refractivity contribution in [3.63, 3.8) is 0 Å². The van der Waals surface area contributed by atoms with E-state index in [1.165, 1.54) is 0 Å². The highest BCUT2D eigenvalue weighted by atomic mass is 16.7. The van der Waals surface area contributed by atoms with Gasteiger partial charge in [-0.3, -0.25) is 5.32 Å². The summed E-state index contributed by atoms with van der Waals surface area (Å²) in [5, 5.41) is 71.4. The Bertz CT molecular complexity index is 411. The van der Waals surface area contributed by atoms with Crippen LogP contribution in [0.1, 0.15) is 6.92 Å². The molecule has 0 spiro atoms. The van der Waals surface area contributed by atoms with Crippen LogP contribution in [0.2, 0.25) is 0 Å². The molecule has 0 aliphatic carbocycles. The summed E-state index contributed by atoms with van der Waals surface area (Å²) in [6, 6.07) is 0. The van der Waals surface area contributed by atoms with Gasteiger partial charge in [0.05, 0.1) is 13.2 Å². The number of aliphatic hydroxyl groups excluding tert-OH is 7. The topological polar surface area (TPSA) is 181 Å². The third-order valence-corrected chi connectivity index (χ3v) is 4.41. The van der Waals surface area contributed by atoms with Crippen LogP contribution in [-0.2, 0) is 14.2 Å². The molecular weight excluding hydrogens is 342 g/mol. The Morgan fingerprint density at radius 1 is 0.800 bits per heavy atom. The van der Waals surface area contributed by atoms with Crippen molar-refractivity contribution >= 4 is 0 Å². The fraction of sp³-hybridized carbons (Fsp3) is 1.00. The van der Waals surface area contributed by atoms with Gasteiger partial charge in [0.1, 0.15) is 55.1 Å². The zero-order valence-electron chi connectivity index (χ0n) is 13.8. The standard InChI is InChI=1S/C14H27NO10/c1-2-15-13-10(21)9(20)12(6(4-17)23-13)25-14-11(22)8(19)7(18)5(3-16)24-14/h5-22H,2-4H2,1H3. The van der Waals surface area contributed by atoms with Crippen molar-refractivity contribution in [2.45, 2.75) is 68.3 Å². The lowest BCUT2D eigenvalue weighted by Crippen LogP contribution is -2.66. The Hall–Kier alpha value is -0.440. The summed E-state index contributed by atoms with van der Waals surface area (Å²) in [5.74, 6) is 0. The van der Waals surface area contributed by atoms with Crippen molar-refractivity contribution in [3.8, 4) is 0 Å². The molecule has 0 amide bonds. The van der Waals surface area contributed by atoms with Gasteiger partial charge in [0.25, 0.3) is 0 Å². The number of hydrogen-bond donors (Lipinski definition) is 8. The number of likely N-dealkylation sites (N-methyl/N-ethyl adjacent to an activating group) is 1. The summed E-state index contributed by atoms with van der Waals surface area (Å²) in [4.78, 5) is 0. The minimum atomic E-state index is -1.67. The second-order valence-corrected chi connectivity index (χ2v) is 6.11. The maximum Gasteiger partial charge on any atom is 0.187 e. The number of aliphatic hydroxyl groups is 7. The summed E-state index contributed by atoms with van der Waals surface area (Å²) >= 11 is 0. The summed E-state index contributed by atoms with van der Waals surface area (Å²) < 4.78 is 16.1. The second-order valence-electron chi connectivity index (χ2n) is 6.11. The molecule has 10 atom stereocenters. The fourth-order valence-electron chi connectivity index (χ4n) is 2.96.